The van der Waals surface area contributed by atoms with Gasteiger partial charge >= 0.3 is 5.97 Å². The SMILES string of the molecule is Nc1noc2nc(C(=O)O)ccc12. The summed E-state index contributed by atoms with van der Waals surface area (Å²) in [6.07, 6.45) is 0. The molecule has 0 saturated heterocycles. The fraction of sp³-hybridized carbons (Fsp3) is 0. The van der Waals surface area contributed by atoms with Crippen molar-refractivity contribution >= 4 is 22.9 Å². The average Bonchev–Trinajstić information content (AvgIpc) is 2.47. The summed E-state index contributed by atoms with van der Waals surface area (Å²) in [6, 6.07) is 2.86. The number of hydrogen-bond acceptors (Lipinski definition) is 5. The van der Waals surface area contributed by atoms with Crippen LogP contribution in [0, 0.1) is 0 Å². The topological polar surface area (TPSA) is 102 Å². The first-order valence-corrected chi connectivity index (χ1v) is 3.43. The Hall–Kier alpha value is -2.11. The van der Waals surface area contributed by atoms with Crippen molar-refractivity contribution < 1.29 is 14.4 Å². The van der Waals surface area contributed by atoms with Gasteiger partial charge < -0.3 is 15.4 Å². The normalized spacial score (nSPS) is 10.5. The summed E-state index contributed by atoms with van der Waals surface area (Å²) in [4.78, 5) is 14.2. The van der Waals surface area contributed by atoms with E-state index in [4.69, 9.17) is 15.4 Å². The summed E-state index contributed by atoms with van der Waals surface area (Å²) in [5.74, 6) is -0.906. The number of anilines is 1. The second kappa shape index (κ2) is 2.44. The minimum absolute atomic E-state index is 0.0938. The van der Waals surface area contributed by atoms with Crippen LogP contribution in [0.3, 0.4) is 0 Å². The summed E-state index contributed by atoms with van der Waals surface area (Å²) in [7, 11) is 0. The third-order valence-electron chi connectivity index (χ3n) is 1.59. The highest BCUT2D eigenvalue weighted by Gasteiger charge is 2.10. The fourth-order valence-corrected chi connectivity index (χ4v) is 0.966. The van der Waals surface area contributed by atoms with Crippen LogP contribution in [0.15, 0.2) is 16.7 Å². The Bertz CT molecular complexity index is 477. The molecule has 0 atom stereocenters. The first-order valence-electron chi connectivity index (χ1n) is 3.43. The van der Waals surface area contributed by atoms with Gasteiger partial charge in [-0.25, -0.2) is 9.78 Å². The molecular formula is C7H5N3O3. The second-order valence-corrected chi connectivity index (χ2v) is 2.42. The molecule has 0 aromatic carbocycles. The summed E-state index contributed by atoms with van der Waals surface area (Å²) in [5, 5.41) is 12.6. The fourth-order valence-electron chi connectivity index (χ4n) is 0.966. The number of nitrogen functional groups attached to an aromatic ring is 1. The number of aromatic nitrogens is 2. The number of rotatable bonds is 1. The summed E-state index contributed by atoms with van der Waals surface area (Å²) in [6.45, 7) is 0. The highest BCUT2D eigenvalue weighted by Crippen LogP contribution is 2.17. The Balaban J connectivity index is 2.70. The summed E-state index contributed by atoms with van der Waals surface area (Å²) in [5.41, 5.74) is 5.45. The van der Waals surface area contributed by atoms with Gasteiger partial charge in [0.15, 0.2) is 11.5 Å². The number of nitrogens with zero attached hydrogens (tertiary/aromatic N) is 2. The minimum Gasteiger partial charge on any atom is -0.477 e. The number of hydrogen-bond donors (Lipinski definition) is 2. The monoisotopic (exact) mass is 179 g/mol. The lowest BCUT2D eigenvalue weighted by Gasteiger charge is -1.90. The number of carboxylic acids is 1. The van der Waals surface area contributed by atoms with Crippen molar-refractivity contribution in [3.05, 3.63) is 17.8 Å². The third-order valence-corrected chi connectivity index (χ3v) is 1.59. The van der Waals surface area contributed by atoms with Crippen LogP contribution in [0.2, 0.25) is 0 Å². The van der Waals surface area contributed by atoms with E-state index >= 15 is 0 Å². The largest absolute Gasteiger partial charge is 0.477 e. The van der Waals surface area contributed by atoms with E-state index in [1.807, 2.05) is 0 Å². The number of nitrogens with two attached hydrogens (primary N) is 1. The van der Waals surface area contributed by atoms with Gasteiger partial charge in [0.05, 0.1) is 5.39 Å². The van der Waals surface area contributed by atoms with Gasteiger partial charge in [0.1, 0.15) is 0 Å². The molecule has 0 spiro atoms. The van der Waals surface area contributed by atoms with Crippen molar-refractivity contribution in [1.82, 2.24) is 10.1 Å². The smallest absolute Gasteiger partial charge is 0.354 e. The molecular weight excluding hydrogens is 174 g/mol. The highest BCUT2D eigenvalue weighted by molar-refractivity contribution is 5.91. The van der Waals surface area contributed by atoms with E-state index in [1.54, 1.807) is 0 Å². The van der Waals surface area contributed by atoms with Crippen molar-refractivity contribution in [1.29, 1.82) is 0 Å². The van der Waals surface area contributed by atoms with Gasteiger partial charge in [-0.3, -0.25) is 0 Å². The Morgan fingerprint density at radius 2 is 2.31 bits per heavy atom. The lowest BCUT2D eigenvalue weighted by atomic mass is 10.3. The van der Waals surface area contributed by atoms with Crippen molar-refractivity contribution in [2.45, 2.75) is 0 Å². The van der Waals surface area contributed by atoms with Crippen LogP contribution in [0.4, 0.5) is 5.82 Å². The molecule has 2 aromatic rings. The van der Waals surface area contributed by atoms with Crippen LogP contribution < -0.4 is 5.73 Å². The Kier molecular flexibility index (Phi) is 1.42. The molecule has 2 rings (SSSR count). The Labute approximate surface area is 72.0 Å². The van der Waals surface area contributed by atoms with Gasteiger partial charge in [-0.15, -0.1) is 0 Å². The molecule has 0 aliphatic carbocycles. The predicted molar refractivity (Wildman–Crippen MR) is 43.2 cm³/mol. The lowest BCUT2D eigenvalue weighted by molar-refractivity contribution is 0.0690. The van der Waals surface area contributed by atoms with Gasteiger partial charge in [0.25, 0.3) is 5.71 Å². The number of pyridine rings is 1. The van der Waals surface area contributed by atoms with E-state index < -0.39 is 5.97 Å². The average molecular weight is 179 g/mol. The predicted octanol–water partition coefficient (Wildman–Crippen LogP) is 0.503. The molecule has 0 unspecified atom stereocenters. The van der Waals surface area contributed by atoms with E-state index in [-0.39, 0.29) is 17.2 Å². The molecule has 0 bridgehead atoms. The highest BCUT2D eigenvalue weighted by atomic mass is 16.5. The zero-order chi connectivity index (χ0) is 9.42. The summed E-state index contributed by atoms with van der Waals surface area (Å²) < 4.78 is 4.69. The molecule has 6 heteroatoms. The molecule has 0 amide bonds. The second-order valence-electron chi connectivity index (χ2n) is 2.42. The quantitative estimate of drug-likeness (QED) is 0.660. The molecule has 2 aromatic heterocycles. The van der Waals surface area contributed by atoms with Gasteiger partial charge in [-0.1, -0.05) is 5.16 Å². The van der Waals surface area contributed by atoms with Crippen LogP contribution in [0.5, 0.6) is 0 Å². The molecule has 3 N–H and O–H groups in total. The number of fused-ring (bicyclic) bond motifs is 1. The molecule has 0 radical (unpaired) electrons. The van der Waals surface area contributed by atoms with E-state index in [9.17, 15) is 4.79 Å². The molecule has 0 saturated carbocycles. The van der Waals surface area contributed by atoms with Crippen LogP contribution in [-0.4, -0.2) is 21.2 Å². The molecule has 0 aliphatic heterocycles. The zero-order valence-electron chi connectivity index (χ0n) is 6.39. The zero-order valence-corrected chi connectivity index (χ0v) is 6.39. The third kappa shape index (κ3) is 1.08. The maximum Gasteiger partial charge on any atom is 0.354 e. The van der Waals surface area contributed by atoms with E-state index in [1.165, 1.54) is 12.1 Å². The van der Waals surface area contributed by atoms with Crippen LogP contribution >= 0.6 is 0 Å². The van der Waals surface area contributed by atoms with Crippen molar-refractivity contribution in [2.75, 3.05) is 5.73 Å². The van der Waals surface area contributed by atoms with Crippen molar-refractivity contribution in [2.24, 2.45) is 0 Å². The molecule has 6 nitrogen and oxygen atoms in total. The van der Waals surface area contributed by atoms with Crippen molar-refractivity contribution in [3.63, 3.8) is 0 Å². The number of carboxylic acid groups (broad SMARTS) is 1. The van der Waals surface area contributed by atoms with E-state index in [0.29, 0.717) is 5.39 Å². The maximum absolute atomic E-state index is 10.5. The molecule has 2 heterocycles. The van der Waals surface area contributed by atoms with Crippen LogP contribution in [0.25, 0.3) is 11.1 Å². The molecule has 0 aliphatic rings. The van der Waals surface area contributed by atoms with Crippen LogP contribution in [0.1, 0.15) is 10.5 Å². The molecule has 66 valence electrons. The van der Waals surface area contributed by atoms with Crippen LogP contribution in [-0.2, 0) is 0 Å². The first-order chi connectivity index (χ1) is 6.18. The minimum atomic E-state index is -1.11. The first kappa shape index (κ1) is 7.53. The van der Waals surface area contributed by atoms with Gasteiger partial charge in [-0.2, -0.15) is 0 Å². The number of carbonyl (C=O) groups is 1. The number of aromatic carboxylic acids is 1. The van der Waals surface area contributed by atoms with Crippen molar-refractivity contribution in [3.8, 4) is 0 Å². The lowest BCUT2D eigenvalue weighted by Crippen LogP contribution is -1.99. The Morgan fingerprint density at radius 3 is 3.00 bits per heavy atom. The maximum atomic E-state index is 10.5. The molecule has 13 heavy (non-hydrogen) atoms. The van der Waals surface area contributed by atoms with Gasteiger partial charge in [-0.05, 0) is 12.1 Å². The van der Waals surface area contributed by atoms with E-state index in [2.05, 4.69) is 10.1 Å². The standard InChI is InChI=1S/C7H5N3O3/c8-5-3-1-2-4(7(11)12)9-6(3)13-10-5/h1-2H,(H2,8,10)(H,11,12). The Morgan fingerprint density at radius 1 is 1.54 bits per heavy atom. The summed E-state index contributed by atoms with van der Waals surface area (Å²) >= 11 is 0. The van der Waals surface area contributed by atoms with Gasteiger partial charge in [0, 0.05) is 0 Å². The van der Waals surface area contributed by atoms with Gasteiger partial charge in [0.2, 0.25) is 0 Å². The molecule has 0 fully saturated rings. The van der Waals surface area contributed by atoms with E-state index in [0.717, 1.165) is 0 Å².